The molecular formula is C12H24N2O2. The summed E-state index contributed by atoms with van der Waals surface area (Å²) in [5.74, 6) is 0.799. The maximum atomic E-state index is 12.1. The third kappa shape index (κ3) is 3.46. The van der Waals surface area contributed by atoms with E-state index in [1.807, 2.05) is 4.90 Å². The van der Waals surface area contributed by atoms with Gasteiger partial charge in [-0.3, -0.25) is 10.1 Å². The van der Waals surface area contributed by atoms with Gasteiger partial charge in [-0.25, -0.2) is 0 Å². The first-order chi connectivity index (χ1) is 7.56. The van der Waals surface area contributed by atoms with E-state index in [1.54, 1.807) is 7.11 Å². The van der Waals surface area contributed by atoms with Crippen LogP contribution in [0.15, 0.2) is 0 Å². The predicted molar refractivity (Wildman–Crippen MR) is 64.0 cm³/mol. The lowest BCUT2D eigenvalue weighted by atomic mass is 10.0. The number of carbonyl (C=O) groups excluding carboxylic acids is 1. The number of hydrogen-bond donors (Lipinski definition) is 1. The molecule has 0 aliphatic carbocycles. The van der Waals surface area contributed by atoms with Crippen molar-refractivity contribution in [3.05, 3.63) is 0 Å². The summed E-state index contributed by atoms with van der Waals surface area (Å²) in [6.07, 6.45) is 1.82. The fourth-order valence-corrected chi connectivity index (χ4v) is 2.05. The second-order valence-corrected chi connectivity index (χ2v) is 4.98. The van der Waals surface area contributed by atoms with E-state index >= 15 is 0 Å². The van der Waals surface area contributed by atoms with Crippen LogP contribution in [0.5, 0.6) is 0 Å². The Kier molecular flexibility index (Phi) is 5.22. The van der Waals surface area contributed by atoms with Crippen LogP contribution < -0.4 is 5.32 Å². The molecule has 2 atom stereocenters. The number of rotatable bonds is 6. The number of carbonyl (C=O) groups is 1. The molecule has 0 bridgehead atoms. The maximum Gasteiger partial charge on any atom is 0.241 e. The lowest BCUT2D eigenvalue weighted by molar-refractivity contribution is -0.131. The standard InChI is InChI=1S/C12H24N2O2/c1-9(2)7-11-12(15)14(8-13-11)10(3)5-6-16-4/h9-11,13H,5-8H2,1-4H3. The molecule has 4 nitrogen and oxygen atoms in total. The van der Waals surface area contributed by atoms with Crippen LogP contribution in [0.3, 0.4) is 0 Å². The summed E-state index contributed by atoms with van der Waals surface area (Å²) >= 11 is 0. The second-order valence-electron chi connectivity index (χ2n) is 4.98. The van der Waals surface area contributed by atoms with E-state index in [4.69, 9.17) is 4.74 Å². The van der Waals surface area contributed by atoms with Crippen molar-refractivity contribution >= 4 is 5.91 Å². The second kappa shape index (κ2) is 6.21. The number of hydrogen-bond acceptors (Lipinski definition) is 3. The molecule has 1 rings (SSSR count). The SMILES string of the molecule is COCCC(C)N1CNC(CC(C)C)C1=O. The minimum Gasteiger partial charge on any atom is -0.385 e. The smallest absolute Gasteiger partial charge is 0.241 e. The third-order valence-electron chi connectivity index (χ3n) is 3.07. The summed E-state index contributed by atoms with van der Waals surface area (Å²) in [6, 6.07) is 0.280. The molecule has 1 aliphatic rings. The first-order valence-electron chi connectivity index (χ1n) is 6.09. The van der Waals surface area contributed by atoms with Gasteiger partial charge in [0.25, 0.3) is 0 Å². The molecule has 1 N–H and O–H groups in total. The van der Waals surface area contributed by atoms with Gasteiger partial charge in [0.1, 0.15) is 0 Å². The number of nitrogens with one attached hydrogen (secondary N) is 1. The molecule has 0 spiro atoms. The molecule has 0 saturated carbocycles. The summed E-state index contributed by atoms with van der Waals surface area (Å²) in [5, 5.41) is 3.28. The van der Waals surface area contributed by atoms with Crippen LogP contribution in [0.2, 0.25) is 0 Å². The summed E-state index contributed by atoms with van der Waals surface area (Å²) < 4.78 is 5.04. The van der Waals surface area contributed by atoms with Gasteiger partial charge in [0, 0.05) is 19.8 Å². The quantitative estimate of drug-likeness (QED) is 0.743. The van der Waals surface area contributed by atoms with Crippen LogP contribution in [-0.2, 0) is 9.53 Å². The number of nitrogens with zero attached hydrogens (tertiary/aromatic N) is 1. The summed E-state index contributed by atoms with van der Waals surface area (Å²) in [5.41, 5.74) is 0. The Morgan fingerprint density at radius 2 is 2.19 bits per heavy atom. The van der Waals surface area contributed by atoms with E-state index in [9.17, 15) is 4.79 Å². The van der Waals surface area contributed by atoms with Gasteiger partial charge in [-0.2, -0.15) is 0 Å². The molecular weight excluding hydrogens is 204 g/mol. The number of methoxy groups -OCH3 is 1. The molecule has 4 heteroatoms. The highest BCUT2D eigenvalue weighted by atomic mass is 16.5. The largest absolute Gasteiger partial charge is 0.385 e. The van der Waals surface area contributed by atoms with Crippen molar-refractivity contribution in [1.82, 2.24) is 10.2 Å². The van der Waals surface area contributed by atoms with Crippen LogP contribution >= 0.6 is 0 Å². The molecule has 0 aromatic carbocycles. The Balaban J connectivity index is 2.43. The van der Waals surface area contributed by atoms with E-state index in [-0.39, 0.29) is 18.0 Å². The third-order valence-corrected chi connectivity index (χ3v) is 3.07. The molecule has 1 amide bonds. The Morgan fingerprint density at radius 3 is 2.75 bits per heavy atom. The Morgan fingerprint density at radius 1 is 1.50 bits per heavy atom. The van der Waals surface area contributed by atoms with E-state index < -0.39 is 0 Å². The van der Waals surface area contributed by atoms with Gasteiger partial charge >= 0.3 is 0 Å². The van der Waals surface area contributed by atoms with Gasteiger partial charge in [0.2, 0.25) is 5.91 Å². The highest BCUT2D eigenvalue weighted by molar-refractivity contribution is 5.84. The van der Waals surface area contributed by atoms with Gasteiger partial charge < -0.3 is 9.64 Å². The van der Waals surface area contributed by atoms with Gasteiger partial charge in [-0.15, -0.1) is 0 Å². The highest BCUT2D eigenvalue weighted by Crippen LogP contribution is 2.16. The molecule has 1 aliphatic heterocycles. The van der Waals surface area contributed by atoms with E-state index in [0.29, 0.717) is 19.2 Å². The first-order valence-corrected chi connectivity index (χ1v) is 6.09. The highest BCUT2D eigenvalue weighted by Gasteiger charge is 2.33. The van der Waals surface area contributed by atoms with Crippen molar-refractivity contribution < 1.29 is 9.53 Å². The van der Waals surface area contributed by atoms with Gasteiger partial charge in [0.15, 0.2) is 0 Å². The van der Waals surface area contributed by atoms with Crippen molar-refractivity contribution in [1.29, 1.82) is 0 Å². The minimum absolute atomic E-state index is 0.0185. The Labute approximate surface area is 98.3 Å². The van der Waals surface area contributed by atoms with E-state index in [1.165, 1.54) is 0 Å². The van der Waals surface area contributed by atoms with Gasteiger partial charge in [-0.1, -0.05) is 13.8 Å². The maximum absolute atomic E-state index is 12.1. The zero-order valence-electron chi connectivity index (χ0n) is 10.8. The molecule has 16 heavy (non-hydrogen) atoms. The molecule has 0 aromatic rings. The molecule has 1 saturated heterocycles. The average molecular weight is 228 g/mol. The van der Waals surface area contributed by atoms with Crippen LogP contribution in [0.4, 0.5) is 0 Å². The van der Waals surface area contributed by atoms with Crippen LogP contribution in [0, 0.1) is 5.92 Å². The topological polar surface area (TPSA) is 41.6 Å². The lowest BCUT2D eigenvalue weighted by Crippen LogP contribution is -2.37. The zero-order valence-corrected chi connectivity index (χ0v) is 10.8. The minimum atomic E-state index is 0.0185. The summed E-state index contributed by atoms with van der Waals surface area (Å²) in [7, 11) is 1.69. The van der Waals surface area contributed by atoms with Crippen LogP contribution in [0.1, 0.15) is 33.6 Å². The van der Waals surface area contributed by atoms with Crippen molar-refractivity contribution in [2.45, 2.75) is 45.7 Å². The van der Waals surface area contributed by atoms with Gasteiger partial charge in [0.05, 0.1) is 12.7 Å². The van der Waals surface area contributed by atoms with Crippen molar-refractivity contribution in [3.8, 4) is 0 Å². The fourth-order valence-electron chi connectivity index (χ4n) is 2.05. The molecule has 94 valence electrons. The number of amides is 1. The monoisotopic (exact) mass is 228 g/mol. The normalized spacial score (nSPS) is 23.2. The molecule has 2 unspecified atom stereocenters. The Hall–Kier alpha value is -0.610. The number of ether oxygens (including phenoxy) is 1. The molecule has 0 radical (unpaired) electrons. The first kappa shape index (κ1) is 13.5. The predicted octanol–water partition coefficient (Wildman–Crippen LogP) is 1.22. The lowest BCUT2D eigenvalue weighted by Gasteiger charge is -2.23. The van der Waals surface area contributed by atoms with Crippen LogP contribution in [0.25, 0.3) is 0 Å². The fraction of sp³-hybridized carbons (Fsp3) is 0.917. The summed E-state index contributed by atoms with van der Waals surface area (Å²) in [4.78, 5) is 14.0. The van der Waals surface area contributed by atoms with Crippen molar-refractivity contribution in [3.63, 3.8) is 0 Å². The van der Waals surface area contributed by atoms with E-state index in [2.05, 4.69) is 26.1 Å². The zero-order chi connectivity index (χ0) is 12.1. The molecule has 0 aromatic heterocycles. The van der Waals surface area contributed by atoms with E-state index in [0.717, 1.165) is 12.8 Å². The summed E-state index contributed by atoms with van der Waals surface area (Å²) in [6.45, 7) is 7.76. The van der Waals surface area contributed by atoms with Crippen molar-refractivity contribution in [2.75, 3.05) is 20.4 Å². The Bertz CT molecular complexity index is 231. The van der Waals surface area contributed by atoms with Gasteiger partial charge in [-0.05, 0) is 25.7 Å². The molecule has 1 heterocycles. The molecule has 1 fully saturated rings. The van der Waals surface area contributed by atoms with Crippen molar-refractivity contribution in [2.24, 2.45) is 5.92 Å². The van der Waals surface area contributed by atoms with Crippen LogP contribution in [-0.4, -0.2) is 43.3 Å². The average Bonchev–Trinajstić information content (AvgIpc) is 2.56.